The van der Waals surface area contributed by atoms with Crippen molar-refractivity contribution in [3.63, 3.8) is 0 Å². The molecule has 4 rings (SSSR count). The molecule has 0 bridgehead atoms. The van der Waals surface area contributed by atoms with E-state index in [0.29, 0.717) is 5.69 Å². The lowest BCUT2D eigenvalue weighted by atomic mass is 10.1. The summed E-state index contributed by atoms with van der Waals surface area (Å²) in [5, 5.41) is 4.26. The first kappa shape index (κ1) is 24.3. The number of thiol groups is 1. The number of carbonyl (C=O) groups excluding carboxylic acids is 2. The highest BCUT2D eigenvalue weighted by atomic mass is 32.2. The molecule has 1 heterocycles. The van der Waals surface area contributed by atoms with E-state index in [-0.39, 0.29) is 35.6 Å². The molecule has 0 spiro atoms. The number of nitrogens with one attached hydrogen (secondary N) is 1. The van der Waals surface area contributed by atoms with Gasteiger partial charge in [0.1, 0.15) is 6.04 Å². The van der Waals surface area contributed by atoms with Crippen molar-refractivity contribution >= 4 is 50.9 Å². The Morgan fingerprint density at radius 1 is 1.06 bits per heavy atom. The molecule has 2 atom stereocenters. The summed E-state index contributed by atoms with van der Waals surface area (Å²) in [6, 6.07) is 18.9. The van der Waals surface area contributed by atoms with Gasteiger partial charge < -0.3 is 10.2 Å². The lowest BCUT2D eigenvalue weighted by Gasteiger charge is -2.27. The van der Waals surface area contributed by atoms with Crippen molar-refractivity contribution in [3.05, 3.63) is 72.3 Å². The van der Waals surface area contributed by atoms with Crippen molar-refractivity contribution in [1.29, 1.82) is 0 Å². The van der Waals surface area contributed by atoms with Gasteiger partial charge in [-0.3, -0.25) is 9.59 Å². The highest BCUT2D eigenvalue weighted by Crippen LogP contribution is 2.31. The van der Waals surface area contributed by atoms with Gasteiger partial charge in [0.05, 0.1) is 11.4 Å². The third-order valence-electron chi connectivity index (χ3n) is 6.02. The lowest BCUT2D eigenvalue weighted by molar-refractivity contribution is -0.136. The van der Waals surface area contributed by atoms with Gasteiger partial charge in [0, 0.05) is 24.5 Å². The van der Waals surface area contributed by atoms with Gasteiger partial charge in [-0.25, -0.2) is 8.42 Å². The summed E-state index contributed by atoms with van der Waals surface area (Å²) in [4.78, 5) is 27.2. The van der Waals surface area contributed by atoms with E-state index in [1.807, 2.05) is 49.4 Å². The van der Waals surface area contributed by atoms with E-state index in [9.17, 15) is 18.0 Å². The Morgan fingerprint density at radius 3 is 2.47 bits per heavy atom. The van der Waals surface area contributed by atoms with E-state index in [0.717, 1.165) is 16.3 Å². The zero-order valence-electron chi connectivity index (χ0n) is 19.0. The van der Waals surface area contributed by atoms with Gasteiger partial charge >= 0.3 is 0 Å². The molecule has 178 valence electrons. The van der Waals surface area contributed by atoms with Crippen LogP contribution in [0.2, 0.25) is 0 Å². The molecule has 0 aliphatic carbocycles. The zero-order valence-corrected chi connectivity index (χ0v) is 20.7. The molecule has 7 nitrogen and oxygen atoms in total. The number of para-hydroxylation sites is 1. The predicted molar refractivity (Wildman–Crippen MR) is 136 cm³/mol. The van der Waals surface area contributed by atoms with Crippen LogP contribution in [0, 0.1) is 6.92 Å². The van der Waals surface area contributed by atoms with Crippen molar-refractivity contribution in [2.45, 2.75) is 29.5 Å². The van der Waals surface area contributed by atoms with Crippen molar-refractivity contribution < 1.29 is 18.0 Å². The number of hydrogen-bond donors (Lipinski definition) is 2. The van der Waals surface area contributed by atoms with Gasteiger partial charge in [-0.2, -0.15) is 16.9 Å². The molecule has 2 amide bonds. The molecule has 1 N–H and O–H groups in total. The molecule has 34 heavy (non-hydrogen) atoms. The van der Waals surface area contributed by atoms with Gasteiger partial charge in [-0.1, -0.05) is 48.5 Å². The second-order valence-corrected chi connectivity index (χ2v) is 11.2. The van der Waals surface area contributed by atoms with E-state index >= 15 is 0 Å². The Kier molecular flexibility index (Phi) is 6.97. The van der Waals surface area contributed by atoms with Gasteiger partial charge in [-0.15, -0.1) is 0 Å². The minimum absolute atomic E-state index is 0.123. The van der Waals surface area contributed by atoms with Crippen LogP contribution < -0.4 is 5.32 Å². The van der Waals surface area contributed by atoms with Crippen LogP contribution in [-0.2, 0) is 19.6 Å². The highest BCUT2D eigenvalue weighted by molar-refractivity contribution is 7.89. The van der Waals surface area contributed by atoms with Crippen LogP contribution in [-0.4, -0.2) is 60.9 Å². The molecular weight excluding hydrogens is 470 g/mol. The van der Waals surface area contributed by atoms with E-state index in [1.165, 1.54) is 16.3 Å². The monoisotopic (exact) mass is 497 g/mol. The predicted octanol–water partition coefficient (Wildman–Crippen LogP) is 3.31. The standard InChI is InChI=1S/C25H27N3O4S2/c1-17-7-3-6-10-22(17)26-24(29)16-27(2)25(30)23-14-20(33)15-28(23)34(31,32)21-12-11-18-8-4-5-9-19(18)13-21/h3-13,20,23,33H,14-16H2,1-2H3,(H,26,29)/t20-,23+/m1/s1. The number of fused-ring (bicyclic) bond motifs is 1. The first-order chi connectivity index (χ1) is 16.2. The molecule has 1 aliphatic rings. The van der Waals surface area contributed by atoms with Crippen LogP contribution in [0.5, 0.6) is 0 Å². The maximum absolute atomic E-state index is 13.5. The maximum atomic E-state index is 13.5. The number of likely N-dealkylation sites (N-methyl/N-ethyl adjacent to an activating group) is 1. The Bertz CT molecular complexity index is 1340. The van der Waals surface area contributed by atoms with Crippen LogP contribution in [0.25, 0.3) is 10.8 Å². The minimum Gasteiger partial charge on any atom is -0.335 e. The van der Waals surface area contributed by atoms with Crippen LogP contribution in [0.4, 0.5) is 5.69 Å². The Morgan fingerprint density at radius 2 is 1.74 bits per heavy atom. The fourth-order valence-electron chi connectivity index (χ4n) is 4.19. The Hall–Kier alpha value is -2.88. The number of aryl methyl sites for hydroxylation is 1. The molecule has 9 heteroatoms. The number of rotatable bonds is 6. The Balaban J connectivity index is 1.52. The number of sulfonamides is 1. The van der Waals surface area contributed by atoms with E-state index in [1.54, 1.807) is 24.3 Å². The van der Waals surface area contributed by atoms with Crippen molar-refractivity contribution in [2.24, 2.45) is 0 Å². The van der Waals surface area contributed by atoms with Crippen molar-refractivity contribution in [3.8, 4) is 0 Å². The molecule has 1 saturated heterocycles. The maximum Gasteiger partial charge on any atom is 0.243 e. The van der Waals surface area contributed by atoms with E-state index in [2.05, 4.69) is 17.9 Å². The third-order valence-corrected chi connectivity index (χ3v) is 8.27. The molecule has 0 unspecified atom stereocenters. The smallest absolute Gasteiger partial charge is 0.243 e. The summed E-state index contributed by atoms with van der Waals surface area (Å²) in [6.45, 7) is 1.81. The van der Waals surface area contributed by atoms with E-state index in [4.69, 9.17) is 0 Å². The number of amides is 2. The summed E-state index contributed by atoms with van der Waals surface area (Å²) in [7, 11) is -2.43. The fraction of sp³-hybridized carbons (Fsp3) is 0.280. The molecule has 0 aromatic heterocycles. The topological polar surface area (TPSA) is 86.8 Å². The SMILES string of the molecule is Cc1ccccc1NC(=O)CN(C)C(=O)[C@@H]1C[C@@H](S)CN1S(=O)(=O)c1ccc2ccccc2c1. The van der Waals surface area contributed by atoms with Gasteiger partial charge in [0.25, 0.3) is 0 Å². The Labute approximate surface area is 205 Å². The number of benzene rings is 3. The molecule has 3 aromatic rings. The zero-order chi connectivity index (χ0) is 24.5. The van der Waals surface area contributed by atoms with Gasteiger partial charge in [-0.05, 0) is 47.9 Å². The summed E-state index contributed by atoms with van der Waals surface area (Å²) in [6.07, 6.45) is 0.276. The lowest BCUT2D eigenvalue weighted by Crippen LogP contribution is -2.48. The van der Waals surface area contributed by atoms with Gasteiger partial charge in [0.2, 0.25) is 21.8 Å². The average Bonchev–Trinajstić information content (AvgIpc) is 3.22. The third kappa shape index (κ3) is 4.96. The number of hydrogen-bond acceptors (Lipinski definition) is 5. The molecule has 1 fully saturated rings. The minimum atomic E-state index is -3.94. The normalized spacial score (nSPS) is 18.7. The van der Waals surface area contributed by atoms with Crippen molar-refractivity contribution in [2.75, 3.05) is 25.5 Å². The second-order valence-electron chi connectivity index (χ2n) is 8.55. The molecule has 3 aromatic carbocycles. The number of anilines is 1. The summed E-state index contributed by atoms with van der Waals surface area (Å²) < 4.78 is 28.2. The number of carbonyl (C=O) groups is 2. The van der Waals surface area contributed by atoms with Crippen LogP contribution >= 0.6 is 12.6 Å². The van der Waals surface area contributed by atoms with Gasteiger partial charge in [0.15, 0.2) is 0 Å². The highest BCUT2D eigenvalue weighted by Gasteiger charge is 2.44. The summed E-state index contributed by atoms with van der Waals surface area (Å²) >= 11 is 4.47. The molecular formula is C25H27N3O4S2. The summed E-state index contributed by atoms with van der Waals surface area (Å²) in [5.41, 5.74) is 1.58. The largest absolute Gasteiger partial charge is 0.335 e. The van der Waals surface area contributed by atoms with Crippen LogP contribution in [0.3, 0.4) is 0 Å². The first-order valence-corrected chi connectivity index (χ1v) is 12.9. The summed E-state index contributed by atoms with van der Waals surface area (Å²) in [5.74, 6) is -0.782. The van der Waals surface area contributed by atoms with E-state index < -0.39 is 22.0 Å². The molecule has 0 radical (unpaired) electrons. The fourth-order valence-corrected chi connectivity index (χ4v) is 6.35. The quantitative estimate of drug-likeness (QED) is 0.512. The first-order valence-electron chi connectivity index (χ1n) is 11.0. The van der Waals surface area contributed by atoms with Crippen LogP contribution in [0.15, 0.2) is 71.6 Å². The molecule has 1 aliphatic heterocycles. The van der Waals surface area contributed by atoms with Crippen LogP contribution in [0.1, 0.15) is 12.0 Å². The average molecular weight is 498 g/mol. The second kappa shape index (κ2) is 9.77. The number of nitrogens with zero attached hydrogens (tertiary/aromatic N) is 2. The molecule has 0 saturated carbocycles. The van der Waals surface area contributed by atoms with Crippen molar-refractivity contribution in [1.82, 2.24) is 9.21 Å².